The van der Waals surface area contributed by atoms with Gasteiger partial charge in [0.05, 0.1) is 17.2 Å². The van der Waals surface area contributed by atoms with Crippen LogP contribution in [0.3, 0.4) is 0 Å². The molecule has 2 unspecified atom stereocenters. The number of nitrogens with zero attached hydrogens (tertiary/aromatic N) is 3. The molecular weight excluding hydrogens is 366 g/mol. The third kappa shape index (κ3) is 5.79. The first-order valence-electron chi connectivity index (χ1n) is 10.3. The number of thiazole rings is 1. The molecule has 0 saturated carbocycles. The van der Waals surface area contributed by atoms with Crippen LogP contribution in [0.2, 0.25) is 0 Å². The van der Waals surface area contributed by atoms with E-state index in [-0.39, 0.29) is 0 Å². The highest BCUT2D eigenvalue weighted by molar-refractivity contribution is 7.11. The number of hydrogen-bond donors (Lipinski definition) is 2. The molecule has 1 saturated heterocycles. The van der Waals surface area contributed by atoms with Crippen LogP contribution in [-0.2, 0) is 13.1 Å². The molecule has 1 aliphatic rings. The number of piperidine rings is 1. The van der Waals surface area contributed by atoms with E-state index in [0.29, 0.717) is 18.6 Å². The minimum Gasteiger partial charge on any atom is -0.357 e. The van der Waals surface area contributed by atoms with Crippen molar-refractivity contribution in [3.05, 3.63) is 51.5 Å². The fourth-order valence-electron chi connectivity index (χ4n) is 3.79. The van der Waals surface area contributed by atoms with Gasteiger partial charge in [0.15, 0.2) is 5.96 Å². The molecule has 0 radical (unpaired) electrons. The predicted molar refractivity (Wildman–Crippen MR) is 119 cm³/mol. The lowest BCUT2D eigenvalue weighted by Gasteiger charge is -2.38. The Kier molecular flexibility index (Phi) is 7.45. The molecule has 1 aliphatic heterocycles. The molecule has 5 nitrogen and oxygen atoms in total. The Labute approximate surface area is 173 Å². The fraction of sp³-hybridized carbons (Fsp3) is 0.545. The van der Waals surface area contributed by atoms with E-state index in [4.69, 9.17) is 4.99 Å². The van der Waals surface area contributed by atoms with Crippen molar-refractivity contribution in [2.45, 2.75) is 65.7 Å². The molecule has 0 bridgehead atoms. The predicted octanol–water partition coefficient (Wildman–Crippen LogP) is 3.87. The summed E-state index contributed by atoms with van der Waals surface area (Å²) >= 11 is 1.74. The Bertz CT molecular complexity index is 770. The maximum Gasteiger partial charge on any atom is 0.191 e. The van der Waals surface area contributed by atoms with Crippen LogP contribution >= 0.6 is 11.3 Å². The van der Waals surface area contributed by atoms with E-state index in [0.717, 1.165) is 49.1 Å². The maximum absolute atomic E-state index is 4.82. The van der Waals surface area contributed by atoms with Crippen LogP contribution in [0.25, 0.3) is 0 Å². The quantitative estimate of drug-likeness (QED) is 0.572. The highest BCUT2D eigenvalue weighted by atomic mass is 32.1. The van der Waals surface area contributed by atoms with Crippen molar-refractivity contribution < 1.29 is 0 Å². The lowest BCUT2D eigenvalue weighted by Crippen LogP contribution is -2.51. The topological polar surface area (TPSA) is 52.6 Å². The molecule has 0 aliphatic carbocycles. The van der Waals surface area contributed by atoms with E-state index in [1.54, 1.807) is 11.3 Å². The molecular formula is C22H33N5S. The molecule has 2 aromatic rings. The number of benzene rings is 1. The van der Waals surface area contributed by atoms with Crippen LogP contribution in [0.4, 0.5) is 0 Å². The zero-order valence-corrected chi connectivity index (χ0v) is 18.4. The number of aryl methyl sites for hydroxylation is 2. The van der Waals surface area contributed by atoms with Crippen molar-refractivity contribution in [2.24, 2.45) is 4.99 Å². The largest absolute Gasteiger partial charge is 0.357 e. The van der Waals surface area contributed by atoms with Gasteiger partial charge in [0.1, 0.15) is 0 Å². The molecule has 152 valence electrons. The Balaban J connectivity index is 1.55. The lowest BCUT2D eigenvalue weighted by atomic mass is 9.97. The Morgan fingerprint density at radius 3 is 2.71 bits per heavy atom. The average Bonchev–Trinajstić information content (AvgIpc) is 3.00. The van der Waals surface area contributed by atoms with Crippen molar-refractivity contribution >= 4 is 17.3 Å². The van der Waals surface area contributed by atoms with Crippen LogP contribution < -0.4 is 10.6 Å². The van der Waals surface area contributed by atoms with Gasteiger partial charge in [-0.3, -0.25) is 4.90 Å². The van der Waals surface area contributed by atoms with E-state index < -0.39 is 0 Å². The van der Waals surface area contributed by atoms with Crippen LogP contribution in [0, 0.1) is 13.8 Å². The van der Waals surface area contributed by atoms with E-state index in [1.807, 2.05) is 0 Å². The first-order valence-corrected chi connectivity index (χ1v) is 11.1. The first kappa shape index (κ1) is 20.8. The van der Waals surface area contributed by atoms with Gasteiger partial charge in [-0.15, -0.1) is 11.3 Å². The average molecular weight is 400 g/mol. The maximum atomic E-state index is 4.82. The normalized spacial score (nSPS) is 20.9. The number of likely N-dealkylation sites (tertiary alicyclic amines) is 1. The molecule has 0 amide bonds. The summed E-state index contributed by atoms with van der Waals surface area (Å²) in [4.78, 5) is 13.2. The zero-order chi connectivity index (χ0) is 19.9. The minimum absolute atomic E-state index is 0.462. The third-order valence-electron chi connectivity index (χ3n) is 5.31. The number of aromatic nitrogens is 1. The monoisotopic (exact) mass is 399 g/mol. The summed E-state index contributed by atoms with van der Waals surface area (Å²) in [5, 5.41) is 8.18. The molecule has 28 heavy (non-hydrogen) atoms. The van der Waals surface area contributed by atoms with Crippen molar-refractivity contribution in [3.63, 3.8) is 0 Å². The van der Waals surface area contributed by atoms with Crippen LogP contribution in [0.5, 0.6) is 0 Å². The summed E-state index contributed by atoms with van der Waals surface area (Å²) in [7, 11) is 0. The third-order valence-corrected chi connectivity index (χ3v) is 6.37. The van der Waals surface area contributed by atoms with E-state index in [9.17, 15) is 0 Å². The number of hydrogen-bond acceptors (Lipinski definition) is 4. The molecule has 0 spiro atoms. The molecule has 2 heterocycles. The van der Waals surface area contributed by atoms with Gasteiger partial charge < -0.3 is 10.6 Å². The lowest BCUT2D eigenvalue weighted by molar-refractivity contribution is 0.134. The van der Waals surface area contributed by atoms with Gasteiger partial charge in [0, 0.05) is 36.6 Å². The van der Waals surface area contributed by atoms with Crippen LogP contribution in [-0.4, -0.2) is 41.0 Å². The molecule has 2 N–H and O–H groups in total. The number of rotatable bonds is 6. The highest BCUT2D eigenvalue weighted by Gasteiger charge is 2.26. The summed E-state index contributed by atoms with van der Waals surface area (Å²) in [6.45, 7) is 12.3. The fourth-order valence-corrected chi connectivity index (χ4v) is 4.65. The summed E-state index contributed by atoms with van der Waals surface area (Å²) in [5.41, 5.74) is 2.50. The minimum atomic E-state index is 0.462. The molecule has 1 aromatic heterocycles. The summed E-state index contributed by atoms with van der Waals surface area (Å²) < 4.78 is 0. The second kappa shape index (κ2) is 10.0. The number of guanidine groups is 1. The summed E-state index contributed by atoms with van der Waals surface area (Å²) in [6.07, 6.45) is 2.27. The van der Waals surface area contributed by atoms with Gasteiger partial charge >= 0.3 is 0 Å². The van der Waals surface area contributed by atoms with Crippen LogP contribution in [0.1, 0.15) is 47.8 Å². The second-order valence-corrected chi connectivity index (χ2v) is 8.90. The van der Waals surface area contributed by atoms with Gasteiger partial charge in [-0.2, -0.15) is 0 Å². The Morgan fingerprint density at radius 2 is 2.07 bits per heavy atom. The molecule has 1 fully saturated rings. The molecule has 3 rings (SSSR count). The summed E-state index contributed by atoms with van der Waals surface area (Å²) in [5.74, 6) is 0.918. The zero-order valence-electron chi connectivity index (χ0n) is 17.5. The summed E-state index contributed by atoms with van der Waals surface area (Å²) in [6, 6.07) is 11.8. The highest BCUT2D eigenvalue weighted by Crippen LogP contribution is 2.20. The van der Waals surface area contributed by atoms with Gasteiger partial charge in [0.25, 0.3) is 0 Å². The first-order chi connectivity index (χ1) is 13.5. The second-order valence-electron chi connectivity index (χ2n) is 7.61. The van der Waals surface area contributed by atoms with Gasteiger partial charge in [-0.05, 0) is 46.1 Å². The number of nitrogens with one attached hydrogen (secondary N) is 2. The van der Waals surface area contributed by atoms with Gasteiger partial charge in [-0.1, -0.05) is 30.3 Å². The molecule has 1 aromatic carbocycles. The van der Waals surface area contributed by atoms with Crippen LogP contribution in [0.15, 0.2) is 35.3 Å². The van der Waals surface area contributed by atoms with E-state index in [1.165, 1.54) is 10.4 Å². The van der Waals surface area contributed by atoms with Crippen molar-refractivity contribution in [2.75, 3.05) is 13.1 Å². The Morgan fingerprint density at radius 1 is 1.29 bits per heavy atom. The van der Waals surface area contributed by atoms with Gasteiger partial charge in [0.2, 0.25) is 0 Å². The van der Waals surface area contributed by atoms with Gasteiger partial charge in [-0.25, -0.2) is 9.98 Å². The van der Waals surface area contributed by atoms with Crippen molar-refractivity contribution in [1.82, 2.24) is 20.5 Å². The van der Waals surface area contributed by atoms with Crippen molar-refractivity contribution in [3.8, 4) is 0 Å². The standard InChI is InChI=1S/C22H33N5S/c1-5-23-22(24-14-21-17(3)25-18(4)28-21)26-20-11-12-27(16(2)13-20)15-19-9-7-6-8-10-19/h6-10,16,20H,5,11-15H2,1-4H3,(H2,23,24,26). The smallest absolute Gasteiger partial charge is 0.191 e. The SMILES string of the molecule is CCNC(=NCc1sc(C)nc1C)NC1CCN(Cc2ccccc2)C(C)C1. The molecule has 6 heteroatoms. The Hall–Kier alpha value is -1.92. The molecule has 2 atom stereocenters. The van der Waals surface area contributed by atoms with E-state index in [2.05, 4.69) is 78.5 Å². The number of aliphatic imine (C=N–C) groups is 1. The van der Waals surface area contributed by atoms with Crippen molar-refractivity contribution in [1.29, 1.82) is 0 Å². The van der Waals surface area contributed by atoms with E-state index >= 15 is 0 Å².